The summed E-state index contributed by atoms with van der Waals surface area (Å²) in [4.78, 5) is 108. The SMILES string of the molecule is CC(=O)Cl.CC(=O)Nc1ccc(C(C)=O)c(C)c1.CC(=O)Nc1cccc(C)c1.CC(=O)c1ccc(I)cc1C.CC(=O)c1ccc(N)cc1C.CO.COC(=O)c1ccc(C(F)(F)F)cc1C.COC(=O)c1ccc(C(F)(F)F)cc1CBr.COC(=O)c1ccc(I)cc1C.Cc1cc(I)ccc1C(=O)O.O=S(=O)(O)O.S=C=S.[Cl][Al]([Cl])[Cl]. The van der Waals surface area contributed by atoms with Crippen LogP contribution in [0, 0.1) is 59.2 Å². The number of alkyl halides is 7. The summed E-state index contributed by atoms with van der Waals surface area (Å²) in [7, 11) is 14.9. The highest BCUT2D eigenvalue weighted by molar-refractivity contribution is 14.1. The van der Waals surface area contributed by atoms with Gasteiger partial charge in [-0.2, -0.15) is 34.8 Å². The molecule has 8 N–H and O–H groups in total. The van der Waals surface area contributed by atoms with Gasteiger partial charge in [-0.05, 0) is 351 Å². The van der Waals surface area contributed by atoms with Gasteiger partial charge in [0.05, 0.1) is 54.7 Å². The molecule has 0 unspecified atom stereocenters. The van der Waals surface area contributed by atoms with Crippen LogP contribution in [-0.2, 0) is 56.7 Å². The Morgan fingerprint density at radius 1 is 0.479 bits per heavy atom. The molecule has 40 heteroatoms. The number of aryl methyl sites for hydroxylation is 7. The number of carboxylic acid groups (broad SMARTS) is 1. The highest BCUT2D eigenvalue weighted by atomic mass is 127. The summed E-state index contributed by atoms with van der Waals surface area (Å²) >= 11 is 20.5. The molecule has 119 heavy (non-hydrogen) atoms. The lowest BCUT2D eigenvalue weighted by Crippen LogP contribution is -2.09. The number of nitrogen functional groups attached to an aromatic ring is 1. The molecule has 8 aromatic rings. The molecule has 0 aliphatic rings. The van der Waals surface area contributed by atoms with Gasteiger partial charge in [0.1, 0.15) is 0 Å². The van der Waals surface area contributed by atoms with Gasteiger partial charge in [-0.3, -0.25) is 37.9 Å². The molecule has 0 atom stereocenters. The van der Waals surface area contributed by atoms with Gasteiger partial charge in [0.15, 0.2) is 17.3 Å². The van der Waals surface area contributed by atoms with Gasteiger partial charge in [0.25, 0.3) is 0 Å². The third-order valence-corrected chi connectivity index (χ3v) is 16.0. The zero-order valence-corrected chi connectivity index (χ0v) is 81.4. The summed E-state index contributed by atoms with van der Waals surface area (Å²) in [6.07, 6.45) is -8.80. The Kier molecular flexibility index (Phi) is 64.8. The van der Waals surface area contributed by atoms with Gasteiger partial charge in [-0.25, -0.2) is 49.3 Å². The first-order valence-corrected chi connectivity index (χ1v) is 45.0. The average molecular weight is 2220 g/mol. The van der Waals surface area contributed by atoms with Crippen LogP contribution in [0.1, 0.15) is 170 Å². The number of thiocarbonyl (C=S) groups is 2. The van der Waals surface area contributed by atoms with E-state index in [9.17, 15) is 74.3 Å². The van der Waals surface area contributed by atoms with Crippen molar-refractivity contribution in [1.82, 2.24) is 0 Å². The molecule has 0 heterocycles. The number of aliphatic hydroxyl groups excluding tert-OH is 1. The van der Waals surface area contributed by atoms with E-state index in [2.05, 4.69) is 145 Å². The molecule has 0 saturated carbocycles. The van der Waals surface area contributed by atoms with E-state index in [1.807, 2.05) is 99.6 Å². The smallest absolute Gasteiger partial charge is 0.478 e. The predicted molar refractivity (Wildman–Crippen MR) is 492 cm³/mol. The number of hydrogen-bond donors (Lipinski definition) is 7. The number of rotatable bonds is 10. The van der Waals surface area contributed by atoms with E-state index < -0.39 is 63.2 Å². The molecule has 650 valence electrons. The van der Waals surface area contributed by atoms with Crippen molar-refractivity contribution in [1.29, 1.82) is 0 Å². The fourth-order valence-electron chi connectivity index (χ4n) is 8.57. The van der Waals surface area contributed by atoms with Crippen LogP contribution in [0.15, 0.2) is 152 Å². The standard InChI is InChI=1S/C11H13NO2.C10H8BrF3O2.C10H9F3O2.C9H9IO2.C9H9IO.2C9H11NO.C8H7IO2.C2H3ClO.CH4O.CS2.Al.3ClH.H2O4S/c1-7-6-10(12-9(3)14)4-5-11(7)8(2)13;1-16-9(15)8-3-2-7(10(12,13)14)4-6(8)5-11;1-6-5-7(10(11,12)13)3-4-8(6)9(14)15-2;1-6-5-7(10)3-4-8(6)9(11)12-2;2*1-6-5-8(10)3-4-9(6)7(2)11;1-7-4-3-5-9(6-7)10-8(2)11;1-5-4-6(9)2-3-7(5)8(10)11;1-2(3)4;1-2;2-1-3;;;;;1-5(2,3)4/h4-6H,1-3H3,(H,12,14);2-4H,5H2,1H3;3-5H,1-2H3;3-5H,1-2H3;3-5H,1-2H3;3-5H,10H2,1-2H3;3-6H,1-2H3,(H,10,11);2-4H,1H3,(H,10,11);1H3;2H,1H3;;;3*1H;(H2,1,2,3,4)/q;;;;;;;;;;;+3;;;;/p-3. The van der Waals surface area contributed by atoms with Crippen LogP contribution in [0.2, 0.25) is 0 Å². The van der Waals surface area contributed by atoms with Crippen molar-refractivity contribution < 1.29 is 116 Å². The number of carbonyl (C=O) groups excluding carboxylic acids is 9. The number of hydrogen-bond acceptors (Lipinski definition) is 19. The van der Waals surface area contributed by atoms with Crippen LogP contribution in [-0.4, -0.2) is 130 Å². The van der Waals surface area contributed by atoms with E-state index in [0.717, 1.165) is 107 Å². The second-order valence-electron chi connectivity index (χ2n) is 22.9. The molecule has 0 aromatic heterocycles. The number of benzene rings is 8. The van der Waals surface area contributed by atoms with Gasteiger partial charge in [-0.1, -0.05) is 34.1 Å². The molecule has 22 nitrogen and oxygen atoms in total. The third kappa shape index (κ3) is 58.7. The summed E-state index contributed by atoms with van der Waals surface area (Å²) in [5.74, 6) is -2.30. The Balaban J connectivity index is -0.000000405. The zero-order chi connectivity index (χ0) is 93.8. The molecule has 8 aromatic carbocycles. The summed E-state index contributed by atoms with van der Waals surface area (Å²) in [6, 6.07) is 40.8. The average Bonchev–Trinajstić information content (AvgIpc) is 0.828. The lowest BCUT2D eigenvalue weighted by molar-refractivity contribution is -0.138. The Morgan fingerprint density at radius 3 is 1.04 bits per heavy atom. The van der Waals surface area contributed by atoms with Gasteiger partial charge >= 0.3 is 58.0 Å². The van der Waals surface area contributed by atoms with Crippen LogP contribution in [0.3, 0.4) is 0 Å². The van der Waals surface area contributed by atoms with E-state index in [-0.39, 0.29) is 68.0 Å². The van der Waals surface area contributed by atoms with Crippen molar-refractivity contribution in [3.63, 3.8) is 0 Å². The molecule has 0 aliphatic heterocycles. The number of aromatic carboxylic acids is 1. The molecule has 0 saturated heterocycles. The van der Waals surface area contributed by atoms with Gasteiger partial charge < -0.3 is 40.8 Å². The minimum absolute atomic E-state index is 0.0319. The van der Waals surface area contributed by atoms with Crippen LogP contribution in [0.5, 0.6) is 0 Å². The van der Waals surface area contributed by atoms with E-state index in [1.165, 1.54) is 59.5 Å². The molecule has 8 rings (SSSR count). The van der Waals surface area contributed by atoms with Crippen LogP contribution < -0.4 is 16.4 Å². The van der Waals surface area contributed by atoms with Crippen molar-refractivity contribution in [2.24, 2.45) is 0 Å². The van der Waals surface area contributed by atoms with Crippen molar-refractivity contribution in [2.45, 2.75) is 108 Å². The number of esters is 3. The van der Waals surface area contributed by atoms with Crippen LogP contribution in [0.25, 0.3) is 0 Å². The van der Waals surface area contributed by atoms with Crippen molar-refractivity contribution in [3.05, 3.63) is 257 Å². The first-order valence-electron chi connectivity index (χ1n) is 32.8. The zero-order valence-electron chi connectivity index (χ0n) is 66.7. The third-order valence-electron chi connectivity index (χ3n) is 13.4. The number of nitrogens with one attached hydrogen (secondary N) is 2. The minimum Gasteiger partial charge on any atom is -0.478 e. The topological polar surface area (TPSA) is 364 Å². The quantitative estimate of drug-likeness (QED) is 0.00571. The predicted octanol–water partition coefficient (Wildman–Crippen LogP) is 22.0. The maximum Gasteiger partial charge on any atom is 0.643 e. The number of nitrogens with two attached hydrogens (primary N) is 1. The van der Waals surface area contributed by atoms with Crippen molar-refractivity contribution in [2.75, 3.05) is 44.8 Å². The Labute approximate surface area is 769 Å². The number of anilines is 3. The van der Waals surface area contributed by atoms with Gasteiger partial charge in [0, 0.05) is 82.0 Å². The number of ketones is 3. The molecule has 0 radical (unpaired) electrons. The number of carbonyl (C=O) groups is 10. The Morgan fingerprint density at radius 2 is 0.756 bits per heavy atom. The molecule has 0 aliphatic carbocycles. The number of aliphatic hydroxyl groups is 1. The molecular formula is C79H86AlBrCl4F6I3N3O19S3. The van der Waals surface area contributed by atoms with Crippen molar-refractivity contribution >= 4 is 251 Å². The van der Waals surface area contributed by atoms with E-state index in [0.29, 0.717) is 22.4 Å². The number of amides is 2. The molecule has 0 fully saturated rings. The summed E-state index contributed by atoms with van der Waals surface area (Å²) in [6.45, 7) is 21.7. The van der Waals surface area contributed by atoms with E-state index in [4.69, 9.17) is 63.6 Å². The maximum absolute atomic E-state index is 12.4. The normalized spacial score (nSPS) is 9.63. The first kappa shape index (κ1) is 121. The Hall–Kier alpha value is -6.95. The fourth-order valence-corrected chi connectivity index (χ4v) is 11.0. The Bertz CT molecular complexity index is 4680. The fraction of sp³-hybridized carbons (Fsp3) is 0.253. The van der Waals surface area contributed by atoms with Crippen LogP contribution in [0.4, 0.5) is 43.4 Å². The number of methoxy groups -OCH3 is 3. The van der Waals surface area contributed by atoms with E-state index >= 15 is 0 Å². The van der Waals surface area contributed by atoms with E-state index in [1.54, 1.807) is 75.4 Å². The monoisotopic (exact) mass is 2220 g/mol. The molecule has 0 spiro atoms. The summed E-state index contributed by atoms with van der Waals surface area (Å²) in [5.41, 5.74) is 16.1. The molecular weight excluding hydrogens is 2130 g/mol. The molecule has 0 bridgehead atoms. The summed E-state index contributed by atoms with van der Waals surface area (Å²) < 4.78 is 124. The lowest BCUT2D eigenvalue weighted by Gasteiger charge is -2.10. The van der Waals surface area contributed by atoms with Crippen LogP contribution >= 0.6 is 150 Å². The van der Waals surface area contributed by atoms with Crippen molar-refractivity contribution in [3.8, 4) is 0 Å². The first-order chi connectivity index (χ1) is 54.8. The van der Waals surface area contributed by atoms with Gasteiger partial charge in [0.2, 0.25) is 17.1 Å². The largest absolute Gasteiger partial charge is 0.643 e. The minimum atomic E-state index is -4.67. The summed E-state index contributed by atoms with van der Waals surface area (Å²) in [5, 5.41) is 20.8. The number of ether oxygens (including phenoxy) is 3. The second-order valence-corrected chi connectivity index (χ2v) is 35.8. The number of Topliss-reactive ketones (excluding diaryl/α,β-unsaturated/α-hetero) is 3. The number of carboxylic acids is 1. The van der Waals surface area contributed by atoms with Gasteiger partial charge in [-0.15, -0.1) is 0 Å². The lowest BCUT2D eigenvalue weighted by atomic mass is 10.1. The highest BCUT2D eigenvalue weighted by Crippen LogP contribution is 2.33. The number of halogens is 14. The maximum atomic E-state index is 12.4. The highest BCUT2D eigenvalue weighted by Gasteiger charge is 2.32. The second kappa shape index (κ2) is 63.9. The molecule has 2 amide bonds.